The number of rotatable bonds is 2. The fraction of sp³-hybridized carbons (Fsp3) is 0. The van der Waals surface area contributed by atoms with Crippen LogP contribution in [0.3, 0.4) is 0 Å². The van der Waals surface area contributed by atoms with E-state index in [1.54, 1.807) is 0 Å². The first kappa shape index (κ1) is 14.4. The molecule has 1 aromatic heterocycles. The van der Waals surface area contributed by atoms with Gasteiger partial charge in [-0.05, 0) is 6.07 Å². The highest BCUT2D eigenvalue weighted by Crippen LogP contribution is 2.38. The normalized spacial score (nSPS) is 13.5. The van der Waals surface area contributed by atoms with Crippen LogP contribution in [0.4, 0.5) is 11.4 Å². The van der Waals surface area contributed by atoms with Crippen molar-refractivity contribution in [2.24, 2.45) is 0 Å². The van der Waals surface area contributed by atoms with Gasteiger partial charge in [0.05, 0.1) is 31.8 Å². The van der Waals surface area contributed by atoms with E-state index in [-0.39, 0.29) is 32.5 Å². The van der Waals surface area contributed by atoms with Gasteiger partial charge in [-0.25, -0.2) is 4.90 Å². The standard InChI is InChI=1S/C13H5Cl2N3O4/c14-9-4-16-5-10(15)11(9)17-12(19)7-2-1-6(18(21)22)3-8(7)13(17)20/h1-5H. The maximum absolute atomic E-state index is 12.4. The Bertz CT molecular complexity index is 833. The molecule has 3 rings (SSSR count). The zero-order valence-electron chi connectivity index (χ0n) is 10.6. The number of non-ortho nitro benzene ring substituents is 1. The number of hydrogen-bond donors (Lipinski definition) is 0. The summed E-state index contributed by atoms with van der Waals surface area (Å²) < 4.78 is 0. The Kier molecular flexibility index (Phi) is 3.31. The van der Waals surface area contributed by atoms with Crippen molar-refractivity contribution in [1.29, 1.82) is 0 Å². The first-order chi connectivity index (χ1) is 10.4. The molecule has 7 nitrogen and oxygen atoms in total. The van der Waals surface area contributed by atoms with E-state index < -0.39 is 16.7 Å². The number of carbonyl (C=O) groups excluding carboxylic acids is 2. The summed E-state index contributed by atoms with van der Waals surface area (Å²) in [6, 6.07) is 3.44. The summed E-state index contributed by atoms with van der Waals surface area (Å²) in [4.78, 5) is 39.5. The van der Waals surface area contributed by atoms with Gasteiger partial charge in [-0.2, -0.15) is 0 Å². The second-order valence-electron chi connectivity index (χ2n) is 4.38. The number of nitro benzene ring substituents is 1. The van der Waals surface area contributed by atoms with Crippen LogP contribution in [0.2, 0.25) is 10.0 Å². The molecule has 0 aliphatic carbocycles. The molecule has 0 unspecified atom stereocenters. The molecule has 0 atom stereocenters. The van der Waals surface area contributed by atoms with Gasteiger partial charge in [-0.3, -0.25) is 24.7 Å². The first-order valence-electron chi connectivity index (χ1n) is 5.88. The molecule has 2 amide bonds. The van der Waals surface area contributed by atoms with Gasteiger partial charge in [0.25, 0.3) is 17.5 Å². The molecule has 0 saturated heterocycles. The Morgan fingerprint density at radius 2 is 1.64 bits per heavy atom. The zero-order chi connectivity index (χ0) is 16.0. The highest BCUT2D eigenvalue weighted by Gasteiger charge is 2.39. The molecule has 9 heteroatoms. The SMILES string of the molecule is O=C1c2ccc([N+](=O)[O-])cc2C(=O)N1c1c(Cl)cncc1Cl. The molecule has 0 spiro atoms. The molecule has 2 aromatic rings. The van der Waals surface area contributed by atoms with Crippen molar-refractivity contribution in [2.75, 3.05) is 4.90 Å². The summed E-state index contributed by atoms with van der Waals surface area (Å²) >= 11 is 11.9. The Morgan fingerprint density at radius 3 is 2.23 bits per heavy atom. The topological polar surface area (TPSA) is 93.4 Å². The molecule has 0 fully saturated rings. The van der Waals surface area contributed by atoms with Crippen molar-refractivity contribution >= 4 is 46.4 Å². The highest BCUT2D eigenvalue weighted by atomic mass is 35.5. The predicted octanol–water partition coefficient (Wildman–Crippen LogP) is 3.10. The van der Waals surface area contributed by atoms with Crippen molar-refractivity contribution < 1.29 is 14.5 Å². The maximum Gasteiger partial charge on any atom is 0.270 e. The number of carbonyl (C=O) groups is 2. The molecule has 0 radical (unpaired) electrons. The van der Waals surface area contributed by atoms with E-state index in [2.05, 4.69) is 4.98 Å². The van der Waals surface area contributed by atoms with E-state index in [4.69, 9.17) is 23.2 Å². The number of anilines is 1. The number of nitrogens with zero attached hydrogens (tertiary/aromatic N) is 3. The number of halogens is 2. The molecule has 110 valence electrons. The zero-order valence-corrected chi connectivity index (χ0v) is 12.1. The molecule has 2 heterocycles. The molecule has 0 N–H and O–H groups in total. The predicted molar refractivity (Wildman–Crippen MR) is 78.5 cm³/mol. The lowest BCUT2D eigenvalue weighted by Crippen LogP contribution is -2.30. The van der Waals surface area contributed by atoms with E-state index in [9.17, 15) is 19.7 Å². The number of benzene rings is 1. The quantitative estimate of drug-likeness (QED) is 0.476. The second kappa shape index (κ2) is 5.04. The van der Waals surface area contributed by atoms with Crippen LogP contribution in [0, 0.1) is 10.1 Å². The molecule has 0 bridgehead atoms. The van der Waals surface area contributed by atoms with Gasteiger partial charge in [-0.15, -0.1) is 0 Å². The monoisotopic (exact) mass is 337 g/mol. The summed E-state index contributed by atoms with van der Waals surface area (Å²) in [5, 5.41) is 10.8. The van der Waals surface area contributed by atoms with Crippen molar-refractivity contribution in [3.8, 4) is 0 Å². The molecule has 1 aliphatic rings. The molecular formula is C13H5Cl2N3O4. The van der Waals surface area contributed by atoms with Gasteiger partial charge < -0.3 is 0 Å². The average Bonchev–Trinajstić information content (AvgIpc) is 2.72. The fourth-order valence-electron chi connectivity index (χ4n) is 2.16. The second-order valence-corrected chi connectivity index (χ2v) is 5.20. The van der Waals surface area contributed by atoms with E-state index in [1.165, 1.54) is 18.5 Å². The highest BCUT2D eigenvalue weighted by molar-refractivity contribution is 6.44. The number of hydrogen-bond acceptors (Lipinski definition) is 5. The van der Waals surface area contributed by atoms with Crippen molar-refractivity contribution in [3.63, 3.8) is 0 Å². The van der Waals surface area contributed by atoms with E-state index in [1.807, 2.05) is 0 Å². The van der Waals surface area contributed by atoms with Gasteiger partial charge in [0.15, 0.2) is 0 Å². The minimum Gasteiger partial charge on any atom is -0.268 e. The van der Waals surface area contributed by atoms with E-state index >= 15 is 0 Å². The lowest BCUT2D eigenvalue weighted by molar-refractivity contribution is -0.384. The lowest BCUT2D eigenvalue weighted by Gasteiger charge is -2.16. The van der Waals surface area contributed by atoms with Crippen LogP contribution in [0.25, 0.3) is 0 Å². The lowest BCUT2D eigenvalue weighted by atomic mass is 10.1. The number of fused-ring (bicyclic) bond motifs is 1. The summed E-state index contributed by atoms with van der Waals surface area (Å²) in [6.45, 7) is 0. The van der Waals surface area contributed by atoms with E-state index in [0.29, 0.717) is 0 Å². The van der Waals surface area contributed by atoms with Crippen LogP contribution >= 0.6 is 23.2 Å². The molecule has 1 aromatic carbocycles. The Hall–Kier alpha value is -2.51. The van der Waals surface area contributed by atoms with Crippen molar-refractivity contribution in [1.82, 2.24) is 4.98 Å². The van der Waals surface area contributed by atoms with Gasteiger partial charge in [-0.1, -0.05) is 23.2 Å². The number of nitro groups is 1. The van der Waals surface area contributed by atoms with Gasteiger partial charge in [0.1, 0.15) is 0 Å². The Balaban J connectivity index is 2.17. The van der Waals surface area contributed by atoms with Crippen molar-refractivity contribution in [3.05, 3.63) is 61.9 Å². The largest absolute Gasteiger partial charge is 0.270 e. The fourth-order valence-corrected chi connectivity index (χ4v) is 2.70. The molecular weight excluding hydrogens is 333 g/mol. The maximum atomic E-state index is 12.4. The van der Waals surface area contributed by atoms with Gasteiger partial charge in [0.2, 0.25) is 0 Å². The summed E-state index contributed by atoms with van der Waals surface area (Å²) in [5.74, 6) is -1.37. The third kappa shape index (κ3) is 2.02. The number of amides is 2. The number of imide groups is 1. The van der Waals surface area contributed by atoms with Crippen LogP contribution in [0.1, 0.15) is 20.7 Å². The summed E-state index contributed by atoms with van der Waals surface area (Å²) in [6.07, 6.45) is 2.49. The van der Waals surface area contributed by atoms with E-state index in [0.717, 1.165) is 17.0 Å². The Labute approximate surface area is 133 Å². The van der Waals surface area contributed by atoms with Crippen LogP contribution in [-0.4, -0.2) is 21.7 Å². The van der Waals surface area contributed by atoms with Gasteiger partial charge in [0, 0.05) is 24.5 Å². The minimum absolute atomic E-state index is 0.00665. The van der Waals surface area contributed by atoms with Crippen LogP contribution in [0.5, 0.6) is 0 Å². The van der Waals surface area contributed by atoms with Crippen LogP contribution in [-0.2, 0) is 0 Å². The molecule has 1 aliphatic heterocycles. The van der Waals surface area contributed by atoms with Gasteiger partial charge >= 0.3 is 0 Å². The third-order valence-electron chi connectivity index (χ3n) is 3.13. The molecule has 22 heavy (non-hydrogen) atoms. The van der Waals surface area contributed by atoms with Crippen molar-refractivity contribution in [2.45, 2.75) is 0 Å². The average molecular weight is 338 g/mol. The minimum atomic E-state index is -0.723. The van der Waals surface area contributed by atoms with Crippen LogP contribution in [0.15, 0.2) is 30.6 Å². The number of aromatic nitrogens is 1. The van der Waals surface area contributed by atoms with Crippen LogP contribution < -0.4 is 4.90 Å². The first-order valence-corrected chi connectivity index (χ1v) is 6.63. The summed E-state index contributed by atoms with van der Waals surface area (Å²) in [5.41, 5.74) is -0.288. The number of pyridine rings is 1. The summed E-state index contributed by atoms with van der Waals surface area (Å²) in [7, 11) is 0. The molecule has 0 saturated carbocycles. The Morgan fingerprint density at radius 1 is 1.05 bits per heavy atom. The smallest absolute Gasteiger partial charge is 0.268 e. The third-order valence-corrected chi connectivity index (χ3v) is 3.69.